The van der Waals surface area contributed by atoms with E-state index in [0.717, 1.165) is 25.7 Å². The summed E-state index contributed by atoms with van der Waals surface area (Å²) < 4.78 is 22.8. The Morgan fingerprint density at radius 1 is 0.731 bits per heavy atom. The molecule has 0 aromatic carbocycles. The molecule has 1 N–H and O–H groups in total. The van der Waals surface area contributed by atoms with Crippen LogP contribution >= 0.6 is 0 Å². The molecule has 0 aliphatic heterocycles. The Hall–Kier alpha value is -0.200. The molecule has 0 saturated heterocycles. The number of hydrogen-bond acceptors (Lipinski definition) is 5. The minimum Gasteiger partial charge on any atom is -0.396 e. The molecule has 0 spiro atoms. The van der Waals surface area contributed by atoms with Crippen molar-refractivity contribution in [2.75, 3.05) is 47.3 Å². The van der Waals surface area contributed by atoms with Crippen LogP contribution in [0.5, 0.6) is 0 Å². The first kappa shape index (κ1) is 25.8. The van der Waals surface area contributed by atoms with Gasteiger partial charge in [0.1, 0.15) is 0 Å². The minimum absolute atomic E-state index is 0.211. The van der Waals surface area contributed by atoms with Gasteiger partial charge in [-0.2, -0.15) is 0 Å². The fraction of sp³-hybridized carbons (Fsp3) is 1.00. The standard InChI is InChI=1S/C21H44O5/c1-5-7-8-9-10-11-13-20(14-12-15-22)21(6-2,25-18-16-23-3)26-19-17-24-4/h20,22H,5-19H2,1-4H3. The predicted molar refractivity (Wildman–Crippen MR) is 106 cm³/mol. The van der Waals surface area contributed by atoms with Crippen LogP contribution in [0.2, 0.25) is 0 Å². The van der Waals surface area contributed by atoms with Crippen molar-refractivity contribution in [3.63, 3.8) is 0 Å². The van der Waals surface area contributed by atoms with E-state index in [9.17, 15) is 5.11 Å². The lowest BCUT2D eigenvalue weighted by atomic mass is 9.86. The molecule has 0 heterocycles. The van der Waals surface area contributed by atoms with Gasteiger partial charge in [0.2, 0.25) is 0 Å². The van der Waals surface area contributed by atoms with Crippen LogP contribution in [0.4, 0.5) is 0 Å². The number of hydrogen-bond donors (Lipinski definition) is 1. The first-order valence-corrected chi connectivity index (χ1v) is 10.6. The molecule has 0 aliphatic carbocycles. The molecule has 0 aromatic rings. The van der Waals surface area contributed by atoms with Crippen molar-refractivity contribution in [3.05, 3.63) is 0 Å². The van der Waals surface area contributed by atoms with Gasteiger partial charge in [-0.05, 0) is 25.7 Å². The molecule has 5 nitrogen and oxygen atoms in total. The van der Waals surface area contributed by atoms with E-state index in [2.05, 4.69) is 13.8 Å². The smallest absolute Gasteiger partial charge is 0.171 e. The molecule has 1 atom stereocenters. The zero-order valence-electron chi connectivity index (χ0n) is 17.8. The number of aliphatic hydroxyl groups is 1. The molecule has 0 bridgehead atoms. The highest BCUT2D eigenvalue weighted by Gasteiger charge is 2.38. The minimum atomic E-state index is -0.615. The van der Waals surface area contributed by atoms with E-state index in [-0.39, 0.29) is 12.5 Å². The third-order valence-electron chi connectivity index (χ3n) is 5.00. The highest BCUT2D eigenvalue weighted by molar-refractivity contribution is 4.80. The maximum Gasteiger partial charge on any atom is 0.171 e. The van der Waals surface area contributed by atoms with E-state index in [1.54, 1.807) is 14.2 Å². The van der Waals surface area contributed by atoms with Gasteiger partial charge in [-0.1, -0.05) is 52.4 Å². The van der Waals surface area contributed by atoms with E-state index in [4.69, 9.17) is 18.9 Å². The average molecular weight is 377 g/mol. The number of ether oxygens (including phenoxy) is 4. The summed E-state index contributed by atoms with van der Waals surface area (Å²) in [6, 6.07) is 0. The molecule has 26 heavy (non-hydrogen) atoms. The second-order valence-corrected chi connectivity index (χ2v) is 6.97. The lowest BCUT2D eigenvalue weighted by Crippen LogP contribution is -2.45. The molecule has 0 fully saturated rings. The van der Waals surface area contributed by atoms with Crippen LogP contribution in [-0.2, 0) is 18.9 Å². The summed E-state index contributed by atoms with van der Waals surface area (Å²) in [5, 5.41) is 9.33. The van der Waals surface area contributed by atoms with Gasteiger partial charge in [0.15, 0.2) is 5.79 Å². The summed E-state index contributed by atoms with van der Waals surface area (Å²) in [5.41, 5.74) is 0. The van der Waals surface area contributed by atoms with E-state index in [1.807, 2.05) is 0 Å². The highest BCUT2D eigenvalue weighted by Crippen LogP contribution is 2.35. The van der Waals surface area contributed by atoms with Crippen LogP contribution in [-0.4, -0.2) is 58.1 Å². The third kappa shape index (κ3) is 11.5. The molecule has 1 unspecified atom stereocenters. The Morgan fingerprint density at radius 2 is 1.27 bits per heavy atom. The topological polar surface area (TPSA) is 57.2 Å². The normalized spacial score (nSPS) is 13.3. The van der Waals surface area contributed by atoms with Crippen molar-refractivity contribution in [1.82, 2.24) is 0 Å². The van der Waals surface area contributed by atoms with Gasteiger partial charge in [-0.25, -0.2) is 0 Å². The predicted octanol–water partition coefficient (Wildman–Crippen LogP) is 4.56. The molecule has 0 amide bonds. The highest BCUT2D eigenvalue weighted by atomic mass is 16.7. The summed E-state index contributed by atoms with van der Waals surface area (Å²) in [7, 11) is 3.37. The lowest BCUT2D eigenvalue weighted by molar-refractivity contribution is -0.277. The van der Waals surface area contributed by atoms with Crippen LogP contribution in [0.25, 0.3) is 0 Å². The van der Waals surface area contributed by atoms with Crippen molar-refractivity contribution in [2.45, 2.75) is 83.8 Å². The second kappa shape index (κ2) is 18.2. The number of rotatable bonds is 20. The maximum atomic E-state index is 9.33. The fourth-order valence-electron chi connectivity index (χ4n) is 3.46. The Balaban J connectivity index is 4.84. The molecular weight excluding hydrogens is 332 g/mol. The molecule has 0 rings (SSSR count). The molecule has 158 valence electrons. The lowest BCUT2D eigenvalue weighted by Gasteiger charge is -2.40. The van der Waals surface area contributed by atoms with Crippen LogP contribution in [0.1, 0.15) is 78.1 Å². The van der Waals surface area contributed by atoms with Crippen molar-refractivity contribution < 1.29 is 24.1 Å². The molecule has 0 radical (unpaired) electrons. The van der Waals surface area contributed by atoms with Crippen LogP contribution in [0.15, 0.2) is 0 Å². The summed E-state index contributed by atoms with van der Waals surface area (Å²) in [5.74, 6) is -0.338. The fourth-order valence-corrected chi connectivity index (χ4v) is 3.46. The first-order chi connectivity index (χ1) is 12.7. The molecule has 0 saturated carbocycles. The van der Waals surface area contributed by atoms with E-state index < -0.39 is 5.79 Å². The van der Waals surface area contributed by atoms with Gasteiger partial charge in [-0.15, -0.1) is 0 Å². The van der Waals surface area contributed by atoms with Crippen LogP contribution in [0.3, 0.4) is 0 Å². The molecular formula is C21H44O5. The Morgan fingerprint density at radius 3 is 1.77 bits per heavy atom. The maximum absolute atomic E-state index is 9.33. The number of aliphatic hydroxyl groups excluding tert-OH is 1. The Bertz CT molecular complexity index is 276. The van der Waals surface area contributed by atoms with Gasteiger partial charge >= 0.3 is 0 Å². The summed E-state index contributed by atoms with van der Waals surface area (Å²) in [4.78, 5) is 0. The van der Waals surface area contributed by atoms with Crippen LogP contribution in [0, 0.1) is 5.92 Å². The molecule has 0 aromatic heterocycles. The number of methoxy groups -OCH3 is 2. The average Bonchev–Trinajstić information content (AvgIpc) is 2.66. The monoisotopic (exact) mass is 376 g/mol. The largest absolute Gasteiger partial charge is 0.396 e. The second-order valence-electron chi connectivity index (χ2n) is 6.97. The van der Waals surface area contributed by atoms with E-state index in [1.165, 1.54) is 38.5 Å². The van der Waals surface area contributed by atoms with Crippen molar-refractivity contribution >= 4 is 0 Å². The van der Waals surface area contributed by atoms with Gasteiger partial charge < -0.3 is 24.1 Å². The SMILES string of the molecule is CCCCCCCCC(CCCO)C(CC)(OCCOC)OCCOC. The van der Waals surface area contributed by atoms with Crippen LogP contribution < -0.4 is 0 Å². The third-order valence-corrected chi connectivity index (χ3v) is 5.00. The van der Waals surface area contributed by atoms with E-state index in [0.29, 0.717) is 26.4 Å². The van der Waals surface area contributed by atoms with Crippen molar-refractivity contribution in [1.29, 1.82) is 0 Å². The van der Waals surface area contributed by atoms with Gasteiger partial charge in [0, 0.05) is 26.7 Å². The van der Waals surface area contributed by atoms with E-state index >= 15 is 0 Å². The van der Waals surface area contributed by atoms with Gasteiger partial charge in [0.05, 0.1) is 26.4 Å². The quantitative estimate of drug-likeness (QED) is 0.249. The summed E-state index contributed by atoms with van der Waals surface area (Å²) >= 11 is 0. The zero-order valence-corrected chi connectivity index (χ0v) is 17.8. The van der Waals surface area contributed by atoms with Gasteiger partial charge in [0.25, 0.3) is 0 Å². The first-order valence-electron chi connectivity index (χ1n) is 10.6. The molecule has 5 heteroatoms. The van der Waals surface area contributed by atoms with Crippen molar-refractivity contribution in [2.24, 2.45) is 5.92 Å². The van der Waals surface area contributed by atoms with Gasteiger partial charge in [-0.3, -0.25) is 0 Å². The molecule has 0 aliphatic rings. The number of unbranched alkanes of at least 4 members (excludes halogenated alkanes) is 5. The zero-order chi connectivity index (χ0) is 19.5. The summed E-state index contributed by atoms with van der Waals surface area (Å²) in [6.07, 6.45) is 11.2. The summed E-state index contributed by atoms with van der Waals surface area (Å²) in [6.45, 7) is 6.72. The van der Waals surface area contributed by atoms with Crippen molar-refractivity contribution in [3.8, 4) is 0 Å². The Labute approximate surface area is 161 Å². The Kier molecular flexibility index (Phi) is 18.0.